The van der Waals surface area contributed by atoms with E-state index in [-0.39, 0.29) is 24.8 Å². The summed E-state index contributed by atoms with van der Waals surface area (Å²) in [6, 6.07) is 0.321. The number of carbonyl (C=O) groups excluding carboxylic acids is 1. The fourth-order valence-corrected chi connectivity index (χ4v) is 3.99. The highest BCUT2D eigenvalue weighted by Crippen LogP contribution is 2.27. The van der Waals surface area contributed by atoms with Gasteiger partial charge in [-0.2, -0.15) is 4.98 Å². The van der Waals surface area contributed by atoms with Crippen molar-refractivity contribution in [2.75, 3.05) is 26.7 Å². The molecule has 2 aliphatic rings. The zero-order valence-electron chi connectivity index (χ0n) is 15.4. The Balaban J connectivity index is 1.49. The van der Waals surface area contributed by atoms with Gasteiger partial charge in [0.15, 0.2) is 5.82 Å². The molecule has 1 aromatic rings. The number of alkyl halides is 2. The van der Waals surface area contributed by atoms with E-state index in [1.807, 2.05) is 11.9 Å². The van der Waals surface area contributed by atoms with Crippen LogP contribution in [0.1, 0.15) is 62.6 Å². The van der Waals surface area contributed by atoms with Gasteiger partial charge in [0.1, 0.15) is 0 Å². The fourth-order valence-electron chi connectivity index (χ4n) is 3.99. The minimum atomic E-state index is -2.30. The van der Waals surface area contributed by atoms with E-state index in [9.17, 15) is 13.6 Å². The van der Waals surface area contributed by atoms with Gasteiger partial charge >= 0.3 is 0 Å². The molecule has 0 radical (unpaired) electrons. The molecule has 2 fully saturated rings. The maximum Gasteiger partial charge on any atom is 0.251 e. The Morgan fingerprint density at radius 2 is 1.92 bits per heavy atom. The first-order valence-corrected chi connectivity index (χ1v) is 9.61. The minimum absolute atomic E-state index is 0.0241. The predicted molar refractivity (Wildman–Crippen MR) is 92.1 cm³/mol. The van der Waals surface area contributed by atoms with Crippen LogP contribution in [0.5, 0.6) is 0 Å². The number of hydrogen-bond donors (Lipinski definition) is 0. The lowest BCUT2D eigenvalue weighted by Crippen LogP contribution is -2.39. The van der Waals surface area contributed by atoms with Crippen LogP contribution in [0.2, 0.25) is 0 Å². The summed E-state index contributed by atoms with van der Waals surface area (Å²) in [5.41, 5.74) is 0. The summed E-state index contributed by atoms with van der Waals surface area (Å²) in [4.78, 5) is 20.5. The number of halogens is 2. The van der Waals surface area contributed by atoms with Crippen LogP contribution in [0, 0.1) is 0 Å². The summed E-state index contributed by atoms with van der Waals surface area (Å²) in [6.45, 7) is 1.04. The van der Waals surface area contributed by atoms with E-state index in [0.717, 1.165) is 25.7 Å². The normalized spacial score (nSPS) is 20.6. The Bertz CT molecular complexity index is 582. The SMILES string of the molecule is CN(C(=O)Cc1noc(C2CCN(CC(F)F)CC2)n1)C1CCCCC1. The highest BCUT2D eigenvalue weighted by molar-refractivity contribution is 5.78. The zero-order chi connectivity index (χ0) is 18.5. The number of aromatic nitrogens is 2. The highest BCUT2D eigenvalue weighted by atomic mass is 19.3. The second kappa shape index (κ2) is 8.88. The third-order valence-corrected chi connectivity index (χ3v) is 5.64. The van der Waals surface area contributed by atoms with Crippen molar-refractivity contribution in [3.63, 3.8) is 0 Å². The molecule has 1 aliphatic carbocycles. The first kappa shape index (κ1) is 19.2. The lowest BCUT2D eigenvalue weighted by Gasteiger charge is -2.31. The molecule has 0 atom stereocenters. The van der Waals surface area contributed by atoms with Gasteiger partial charge in [0.05, 0.1) is 13.0 Å². The van der Waals surface area contributed by atoms with Gasteiger partial charge in [-0.05, 0) is 38.8 Å². The molecule has 8 heteroatoms. The third kappa shape index (κ3) is 4.99. The van der Waals surface area contributed by atoms with Crippen LogP contribution in [-0.4, -0.2) is 65.0 Å². The van der Waals surface area contributed by atoms with Crippen molar-refractivity contribution in [1.82, 2.24) is 19.9 Å². The number of nitrogens with zero attached hydrogens (tertiary/aromatic N) is 4. The Morgan fingerprint density at radius 3 is 2.58 bits per heavy atom. The molecule has 146 valence electrons. The maximum atomic E-state index is 12.5. The molecule has 1 amide bonds. The van der Waals surface area contributed by atoms with Crippen molar-refractivity contribution >= 4 is 5.91 Å². The molecular formula is C18H28F2N4O2. The van der Waals surface area contributed by atoms with Crippen LogP contribution in [0.4, 0.5) is 8.78 Å². The first-order chi connectivity index (χ1) is 12.5. The van der Waals surface area contributed by atoms with Crippen LogP contribution >= 0.6 is 0 Å². The van der Waals surface area contributed by atoms with Crippen LogP contribution < -0.4 is 0 Å². The monoisotopic (exact) mass is 370 g/mol. The molecule has 6 nitrogen and oxygen atoms in total. The molecule has 26 heavy (non-hydrogen) atoms. The number of likely N-dealkylation sites (tertiary alicyclic amines) is 1. The van der Waals surface area contributed by atoms with E-state index in [1.165, 1.54) is 19.3 Å². The summed E-state index contributed by atoms with van der Waals surface area (Å²) < 4.78 is 30.2. The summed E-state index contributed by atoms with van der Waals surface area (Å²) >= 11 is 0. The standard InChI is InChI=1S/C18H28F2N4O2/c1-23(14-5-3-2-4-6-14)17(25)11-16-21-18(26-22-16)13-7-9-24(10-8-13)12-15(19)20/h13-15H,2-12H2,1H3. The Kier molecular flexibility index (Phi) is 6.56. The van der Waals surface area contributed by atoms with Crippen LogP contribution in [0.25, 0.3) is 0 Å². The largest absolute Gasteiger partial charge is 0.342 e. The molecule has 1 aromatic heterocycles. The van der Waals surface area contributed by atoms with Gasteiger partial charge < -0.3 is 9.42 Å². The van der Waals surface area contributed by atoms with Gasteiger partial charge in [0.25, 0.3) is 6.43 Å². The molecule has 1 aliphatic heterocycles. The third-order valence-electron chi connectivity index (χ3n) is 5.64. The Hall–Kier alpha value is -1.57. The highest BCUT2D eigenvalue weighted by Gasteiger charge is 2.28. The van der Waals surface area contributed by atoms with Gasteiger partial charge in [0.2, 0.25) is 11.8 Å². The number of carbonyl (C=O) groups is 1. The van der Waals surface area contributed by atoms with Gasteiger partial charge in [-0.1, -0.05) is 24.4 Å². The van der Waals surface area contributed by atoms with Gasteiger partial charge in [-0.15, -0.1) is 0 Å². The zero-order valence-corrected chi connectivity index (χ0v) is 15.4. The molecule has 3 rings (SSSR count). The summed E-state index contributed by atoms with van der Waals surface area (Å²) in [5, 5.41) is 3.96. The lowest BCUT2D eigenvalue weighted by molar-refractivity contribution is -0.131. The number of rotatable bonds is 6. The molecular weight excluding hydrogens is 342 g/mol. The average molecular weight is 370 g/mol. The lowest BCUT2D eigenvalue weighted by atomic mass is 9.94. The molecule has 1 saturated heterocycles. The molecule has 0 bridgehead atoms. The van der Waals surface area contributed by atoms with Crippen molar-refractivity contribution in [3.05, 3.63) is 11.7 Å². The minimum Gasteiger partial charge on any atom is -0.342 e. The summed E-state index contributed by atoms with van der Waals surface area (Å²) in [7, 11) is 1.86. The quantitative estimate of drug-likeness (QED) is 0.771. The number of likely N-dealkylation sites (N-methyl/N-ethyl adjacent to an activating group) is 1. The van der Waals surface area contributed by atoms with E-state index in [0.29, 0.717) is 30.8 Å². The average Bonchev–Trinajstić information content (AvgIpc) is 3.10. The summed E-state index contributed by atoms with van der Waals surface area (Å²) in [5.74, 6) is 1.07. The Labute approximate surface area is 152 Å². The predicted octanol–water partition coefficient (Wildman–Crippen LogP) is 2.85. The van der Waals surface area contributed by atoms with E-state index in [4.69, 9.17) is 4.52 Å². The number of hydrogen-bond acceptors (Lipinski definition) is 5. The van der Waals surface area contributed by atoms with Crippen molar-refractivity contribution in [2.24, 2.45) is 0 Å². The van der Waals surface area contributed by atoms with E-state index in [2.05, 4.69) is 10.1 Å². The van der Waals surface area contributed by atoms with E-state index >= 15 is 0 Å². The van der Waals surface area contributed by atoms with Crippen molar-refractivity contribution in [1.29, 1.82) is 0 Å². The second-order valence-electron chi connectivity index (χ2n) is 7.49. The molecule has 2 heterocycles. The summed E-state index contributed by atoms with van der Waals surface area (Å²) in [6.07, 6.45) is 5.05. The molecule has 0 unspecified atom stereocenters. The second-order valence-corrected chi connectivity index (χ2v) is 7.49. The topological polar surface area (TPSA) is 62.5 Å². The van der Waals surface area contributed by atoms with Gasteiger partial charge in [-0.25, -0.2) is 8.78 Å². The Morgan fingerprint density at radius 1 is 1.23 bits per heavy atom. The maximum absolute atomic E-state index is 12.5. The van der Waals surface area contributed by atoms with Crippen LogP contribution in [0.15, 0.2) is 4.52 Å². The van der Waals surface area contributed by atoms with Crippen molar-refractivity contribution in [3.8, 4) is 0 Å². The van der Waals surface area contributed by atoms with Crippen molar-refractivity contribution < 1.29 is 18.1 Å². The van der Waals surface area contributed by atoms with E-state index < -0.39 is 6.43 Å². The molecule has 0 N–H and O–H groups in total. The van der Waals surface area contributed by atoms with Crippen LogP contribution in [0.3, 0.4) is 0 Å². The molecule has 1 saturated carbocycles. The smallest absolute Gasteiger partial charge is 0.251 e. The van der Waals surface area contributed by atoms with Gasteiger partial charge in [0, 0.05) is 19.0 Å². The van der Waals surface area contributed by atoms with Crippen LogP contribution in [-0.2, 0) is 11.2 Å². The first-order valence-electron chi connectivity index (χ1n) is 9.61. The molecule has 0 spiro atoms. The number of amides is 1. The van der Waals surface area contributed by atoms with Gasteiger partial charge in [-0.3, -0.25) is 9.69 Å². The van der Waals surface area contributed by atoms with E-state index in [1.54, 1.807) is 4.90 Å². The molecule has 0 aromatic carbocycles. The fraction of sp³-hybridized carbons (Fsp3) is 0.833. The van der Waals surface area contributed by atoms with Crippen molar-refractivity contribution in [2.45, 2.75) is 69.8 Å². The number of piperidine rings is 1.